The molecule has 2 aromatic carbocycles. The number of fused-ring (bicyclic) bond motifs is 2. The van der Waals surface area contributed by atoms with Gasteiger partial charge in [-0.25, -0.2) is 9.78 Å². The van der Waals surface area contributed by atoms with E-state index >= 15 is 0 Å². The zero-order valence-corrected chi connectivity index (χ0v) is 17.0. The molecule has 0 aliphatic carbocycles. The van der Waals surface area contributed by atoms with E-state index in [1.54, 1.807) is 16.2 Å². The Labute approximate surface area is 178 Å². The van der Waals surface area contributed by atoms with Crippen molar-refractivity contribution >= 4 is 28.4 Å². The van der Waals surface area contributed by atoms with E-state index < -0.39 is 0 Å². The molecule has 1 N–H and O–H groups in total. The highest BCUT2D eigenvalue weighted by atomic mass is 16.2. The van der Waals surface area contributed by atoms with Crippen LogP contribution in [0.1, 0.15) is 6.42 Å². The summed E-state index contributed by atoms with van der Waals surface area (Å²) in [5.41, 5.74) is 3.92. The van der Waals surface area contributed by atoms with Crippen molar-refractivity contribution in [2.24, 2.45) is 7.05 Å². The lowest BCUT2D eigenvalue weighted by Crippen LogP contribution is -2.24. The molecule has 3 aromatic heterocycles. The van der Waals surface area contributed by atoms with Gasteiger partial charge in [-0.15, -0.1) is 0 Å². The van der Waals surface area contributed by atoms with Gasteiger partial charge in [-0.3, -0.25) is 18.3 Å². The molecule has 1 amide bonds. The molecule has 0 fully saturated rings. The van der Waals surface area contributed by atoms with Gasteiger partial charge in [0.15, 0.2) is 0 Å². The number of amides is 1. The summed E-state index contributed by atoms with van der Waals surface area (Å²) in [5.74, 6) is 0.444. The quantitative estimate of drug-likeness (QED) is 0.479. The largest absolute Gasteiger partial charge is 0.328 e. The van der Waals surface area contributed by atoms with Crippen LogP contribution in [-0.2, 0) is 18.4 Å². The predicted molar refractivity (Wildman–Crippen MR) is 121 cm³/mol. The van der Waals surface area contributed by atoms with E-state index in [1.807, 2.05) is 83.4 Å². The topological polar surface area (TPSA) is 73.3 Å². The van der Waals surface area contributed by atoms with Crippen molar-refractivity contribution in [3.8, 4) is 11.3 Å². The number of carbonyl (C=O) groups excluding carboxylic acids is 1. The number of hydrogen-bond acceptors (Lipinski definition) is 3. The number of anilines is 1. The summed E-state index contributed by atoms with van der Waals surface area (Å²) >= 11 is 0. The maximum Gasteiger partial charge on any atom is 0.328 e. The Morgan fingerprint density at radius 2 is 1.65 bits per heavy atom. The Bertz CT molecular complexity index is 1460. The zero-order chi connectivity index (χ0) is 21.4. The van der Waals surface area contributed by atoms with Crippen molar-refractivity contribution in [3.05, 3.63) is 89.5 Å². The summed E-state index contributed by atoms with van der Waals surface area (Å²) < 4.78 is 5.11. The van der Waals surface area contributed by atoms with Crippen molar-refractivity contribution in [1.82, 2.24) is 18.5 Å². The molecule has 0 radical (unpaired) electrons. The summed E-state index contributed by atoms with van der Waals surface area (Å²) in [7, 11) is 1.74. The molecule has 5 aromatic rings. The van der Waals surface area contributed by atoms with Gasteiger partial charge in [0.25, 0.3) is 0 Å². The Kier molecular flexibility index (Phi) is 4.63. The van der Waals surface area contributed by atoms with E-state index in [2.05, 4.69) is 5.32 Å². The van der Waals surface area contributed by atoms with E-state index in [4.69, 9.17) is 4.98 Å². The number of aryl methyl sites for hydroxylation is 2. The molecular weight excluding hydrogens is 390 g/mol. The lowest BCUT2D eigenvalue weighted by Gasteiger charge is -2.08. The van der Waals surface area contributed by atoms with Crippen LogP contribution in [-0.4, -0.2) is 24.4 Å². The number of imidazole rings is 2. The molecule has 0 spiro atoms. The van der Waals surface area contributed by atoms with Crippen LogP contribution in [0.5, 0.6) is 0 Å². The van der Waals surface area contributed by atoms with Crippen LogP contribution in [0.3, 0.4) is 0 Å². The third-order valence-corrected chi connectivity index (χ3v) is 5.45. The summed E-state index contributed by atoms with van der Waals surface area (Å²) in [6, 6.07) is 23.1. The maximum atomic E-state index is 12.9. The molecule has 154 valence electrons. The van der Waals surface area contributed by atoms with Crippen molar-refractivity contribution in [1.29, 1.82) is 0 Å². The van der Waals surface area contributed by atoms with Crippen LogP contribution < -0.4 is 11.0 Å². The second-order valence-electron chi connectivity index (χ2n) is 7.38. The monoisotopic (exact) mass is 411 g/mol. The number of carbonyl (C=O) groups is 1. The molecule has 3 heterocycles. The second-order valence-corrected chi connectivity index (χ2v) is 7.38. The molecule has 0 atom stereocenters. The number of rotatable bonds is 5. The van der Waals surface area contributed by atoms with Crippen molar-refractivity contribution in [2.75, 3.05) is 5.32 Å². The molecule has 31 heavy (non-hydrogen) atoms. The van der Waals surface area contributed by atoms with E-state index in [-0.39, 0.29) is 18.0 Å². The number of benzene rings is 2. The molecule has 7 nitrogen and oxygen atoms in total. The minimum atomic E-state index is -0.178. The zero-order valence-electron chi connectivity index (χ0n) is 17.0. The first-order valence-electron chi connectivity index (χ1n) is 10.1. The van der Waals surface area contributed by atoms with Gasteiger partial charge in [-0.2, -0.15) is 0 Å². The van der Waals surface area contributed by atoms with E-state index in [9.17, 15) is 9.59 Å². The fourth-order valence-electron chi connectivity index (χ4n) is 3.90. The highest BCUT2D eigenvalue weighted by Crippen LogP contribution is 2.28. The normalized spacial score (nSPS) is 11.3. The Hall–Kier alpha value is -4.13. The van der Waals surface area contributed by atoms with Gasteiger partial charge in [0.1, 0.15) is 17.2 Å². The molecule has 5 rings (SSSR count). The standard InChI is InChI=1S/C24H21N5O2/c1-27-18-11-5-6-12-19(18)28(24(27)31)16-14-21(30)26-23-22(17-9-3-2-4-10-17)25-20-13-7-8-15-29(20)23/h2-13,15H,14,16H2,1H3,(H,26,30). The molecule has 0 unspecified atom stereocenters. The van der Waals surface area contributed by atoms with Gasteiger partial charge in [-0.05, 0) is 24.3 Å². The smallest absolute Gasteiger partial charge is 0.310 e. The van der Waals surface area contributed by atoms with E-state index in [1.165, 1.54) is 0 Å². The minimum Gasteiger partial charge on any atom is -0.310 e. The Morgan fingerprint density at radius 1 is 0.935 bits per heavy atom. The van der Waals surface area contributed by atoms with Gasteiger partial charge < -0.3 is 5.32 Å². The molecule has 0 bridgehead atoms. The third kappa shape index (κ3) is 3.30. The summed E-state index contributed by atoms with van der Waals surface area (Å²) in [4.78, 5) is 30.2. The van der Waals surface area contributed by atoms with Crippen molar-refractivity contribution < 1.29 is 4.79 Å². The van der Waals surface area contributed by atoms with Crippen LogP contribution in [0.2, 0.25) is 0 Å². The van der Waals surface area contributed by atoms with Gasteiger partial charge in [0.05, 0.1) is 11.0 Å². The molecule has 0 aliphatic rings. The first kappa shape index (κ1) is 18.9. The highest BCUT2D eigenvalue weighted by Gasteiger charge is 2.17. The highest BCUT2D eigenvalue weighted by molar-refractivity contribution is 5.94. The summed E-state index contributed by atoms with van der Waals surface area (Å²) in [5, 5.41) is 3.02. The number of nitrogens with zero attached hydrogens (tertiary/aromatic N) is 4. The van der Waals surface area contributed by atoms with Crippen LogP contribution in [0.4, 0.5) is 5.82 Å². The fourth-order valence-corrected chi connectivity index (χ4v) is 3.90. The Morgan fingerprint density at radius 3 is 2.45 bits per heavy atom. The number of aromatic nitrogens is 4. The van der Waals surface area contributed by atoms with Gasteiger partial charge in [0.2, 0.25) is 5.91 Å². The minimum absolute atomic E-state index is 0.131. The molecular formula is C24H21N5O2. The number of para-hydroxylation sites is 2. The van der Waals surface area contributed by atoms with Gasteiger partial charge in [-0.1, -0.05) is 48.5 Å². The van der Waals surface area contributed by atoms with Crippen LogP contribution in [0.25, 0.3) is 27.9 Å². The lowest BCUT2D eigenvalue weighted by atomic mass is 10.1. The van der Waals surface area contributed by atoms with Crippen molar-refractivity contribution in [3.63, 3.8) is 0 Å². The van der Waals surface area contributed by atoms with Crippen LogP contribution in [0, 0.1) is 0 Å². The maximum absolute atomic E-state index is 12.9. The summed E-state index contributed by atoms with van der Waals surface area (Å²) in [6.07, 6.45) is 2.04. The fraction of sp³-hybridized carbons (Fsp3) is 0.125. The SMILES string of the molecule is Cn1c(=O)n(CCC(=O)Nc2c(-c3ccccc3)nc3ccccn23)c2ccccc21. The molecule has 0 aliphatic heterocycles. The van der Waals surface area contributed by atoms with Gasteiger partial charge >= 0.3 is 5.69 Å². The Balaban J connectivity index is 1.44. The van der Waals surface area contributed by atoms with E-state index in [0.717, 1.165) is 22.2 Å². The summed E-state index contributed by atoms with van der Waals surface area (Å²) in [6.45, 7) is 0.295. The molecule has 7 heteroatoms. The third-order valence-electron chi connectivity index (χ3n) is 5.45. The number of hydrogen-bond donors (Lipinski definition) is 1. The number of pyridine rings is 1. The lowest BCUT2D eigenvalue weighted by molar-refractivity contribution is -0.116. The number of nitrogens with one attached hydrogen (secondary N) is 1. The molecule has 0 saturated carbocycles. The van der Waals surface area contributed by atoms with Gasteiger partial charge in [0, 0.05) is 31.8 Å². The first-order valence-corrected chi connectivity index (χ1v) is 10.1. The predicted octanol–water partition coefficient (Wildman–Crippen LogP) is 3.68. The molecule has 0 saturated heterocycles. The van der Waals surface area contributed by atoms with Crippen LogP contribution >= 0.6 is 0 Å². The average molecular weight is 411 g/mol. The van der Waals surface area contributed by atoms with Crippen LogP contribution in [0.15, 0.2) is 83.8 Å². The second kappa shape index (κ2) is 7.60. The van der Waals surface area contributed by atoms with Crippen molar-refractivity contribution in [2.45, 2.75) is 13.0 Å². The van der Waals surface area contributed by atoms with E-state index in [0.29, 0.717) is 18.1 Å². The average Bonchev–Trinajstić information content (AvgIpc) is 3.29. The first-order chi connectivity index (χ1) is 15.1.